The van der Waals surface area contributed by atoms with Crippen LogP contribution >= 0.6 is 11.6 Å². The van der Waals surface area contributed by atoms with E-state index < -0.39 is 0 Å². The molecule has 0 aromatic heterocycles. The molecular formula is C17H19ClFN. The summed E-state index contributed by atoms with van der Waals surface area (Å²) in [5.41, 5.74) is 1.80. The average Bonchev–Trinajstić information content (AvgIpc) is 2.41. The van der Waals surface area contributed by atoms with Gasteiger partial charge in [0.1, 0.15) is 5.82 Å². The molecule has 0 aliphatic rings. The SMILES string of the molecule is CC(Cc1ccccc1Cl)NC(C)c1ccccc1F. The van der Waals surface area contributed by atoms with Crippen LogP contribution in [-0.2, 0) is 6.42 Å². The first-order valence-electron chi connectivity index (χ1n) is 6.82. The minimum Gasteiger partial charge on any atom is -0.307 e. The van der Waals surface area contributed by atoms with Crippen molar-refractivity contribution in [3.63, 3.8) is 0 Å². The summed E-state index contributed by atoms with van der Waals surface area (Å²) < 4.78 is 13.7. The van der Waals surface area contributed by atoms with Crippen LogP contribution in [0.1, 0.15) is 31.0 Å². The van der Waals surface area contributed by atoms with Crippen molar-refractivity contribution in [2.75, 3.05) is 0 Å². The second-order valence-corrected chi connectivity index (χ2v) is 5.51. The first kappa shape index (κ1) is 15.0. The molecule has 106 valence electrons. The van der Waals surface area contributed by atoms with Gasteiger partial charge < -0.3 is 5.32 Å². The van der Waals surface area contributed by atoms with Crippen LogP contribution < -0.4 is 5.32 Å². The van der Waals surface area contributed by atoms with Gasteiger partial charge in [-0.15, -0.1) is 0 Å². The van der Waals surface area contributed by atoms with Crippen LogP contribution in [-0.4, -0.2) is 6.04 Å². The smallest absolute Gasteiger partial charge is 0.127 e. The van der Waals surface area contributed by atoms with Gasteiger partial charge >= 0.3 is 0 Å². The Morgan fingerprint density at radius 3 is 2.40 bits per heavy atom. The zero-order chi connectivity index (χ0) is 14.5. The molecule has 2 aromatic rings. The molecule has 0 aliphatic heterocycles. The molecule has 0 saturated heterocycles. The molecular weight excluding hydrogens is 273 g/mol. The van der Waals surface area contributed by atoms with Crippen molar-refractivity contribution >= 4 is 11.6 Å². The Kier molecular flexibility index (Phi) is 5.16. The summed E-state index contributed by atoms with van der Waals surface area (Å²) in [6.07, 6.45) is 0.818. The first-order valence-corrected chi connectivity index (χ1v) is 7.19. The lowest BCUT2D eigenvalue weighted by Crippen LogP contribution is -2.31. The van der Waals surface area contributed by atoms with Crippen molar-refractivity contribution in [2.45, 2.75) is 32.4 Å². The van der Waals surface area contributed by atoms with Gasteiger partial charge in [0.2, 0.25) is 0 Å². The molecule has 0 spiro atoms. The number of hydrogen-bond donors (Lipinski definition) is 1. The van der Waals surface area contributed by atoms with Gasteiger partial charge in [0.05, 0.1) is 0 Å². The molecule has 0 aliphatic carbocycles. The summed E-state index contributed by atoms with van der Waals surface area (Å²) in [7, 11) is 0. The van der Waals surface area contributed by atoms with E-state index in [1.165, 1.54) is 6.07 Å². The highest BCUT2D eigenvalue weighted by Gasteiger charge is 2.13. The third-order valence-electron chi connectivity index (χ3n) is 3.39. The van der Waals surface area contributed by atoms with Gasteiger partial charge in [0.15, 0.2) is 0 Å². The largest absolute Gasteiger partial charge is 0.307 e. The van der Waals surface area contributed by atoms with Gasteiger partial charge in [-0.3, -0.25) is 0 Å². The highest BCUT2D eigenvalue weighted by Crippen LogP contribution is 2.20. The summed E-state index contributed by atoms with van der Waals surface area (Å²) in [6.45, 7) is 4.06. The molecule has 0 heterocycles. The molecule has 0 bridgehead atoms. The fourth-order valence-corrected chi connectivity index (χ4v) is 2.61. The zero-order valence-electron chi connectivity index (χ0n) is 11.7. The van der Waals surface area contributed by atoms with Gasteiger partial charge in [0.25, 0.3) is 0 Å². The Bertz CT molecular complexity index is 570. The predicted molar refractivity (Wildman–Crippen MR) is 82.6 cm³/mol. The van der Waals surface area contributed by atoms with Gasteiger partial charge in [-0.2, -0.15) is 0 Å². The van der Waals surface area contributed by atoms with Crippen molar-refractivity contribution in [1.82, 2.24) is 5.32 Å². The van der Waals surface area contributed by atoms with Gasteiger partial charge in [-0.05, 0) is 38.0 Å². The maximum atomic E-state index is 13.7. The molecule has 20 heavy (non-hydrogen) atoms. The quantitative estimate of drug-likeness (QED) is 0.837. The number of rotatable bonds is 5. The molecule has 2 aromatic carbocycles. The molecule has 0 amide bonds. The van der Waals surface area contributed by atoms with E-state index in [0.717, 1.165) is 17.0 Å². The molecule has 0 radical (unpaired) electrons. The van der Waals surface area contributed by atoms with Gasteiger partial charge in [-0.25, -0.2) is 4.39 Å². The Morgan fingerprint density at radius 1 is 1.05 bits per heavy atom. The molecule has 2 atom stereocenters. The summed E-state index contributed by atoms with van der Waals surface area (Å²) in [5.74, 6) is -0.169. The van der Waals surface area contributed by atoms with Crippen molar-refractivity contribution in [3.8, 4) is 0 Å². The van der Waals surface area contributed by atoms with E-state index in [2.05, 4.69) is 12.2 Å². The first-order chi connectivity index (χ1) is 9.58. The van der Waals surface area contributed by atoms with Crippen molar-refractivity contribution < 1.29 is 4.39 Å². The van der Waals surface area contributed by atoms with Crippen LogP contribution in [0.2, 0.25) is 5.02 Å². The van der Waals surface area contributed by atoms with Crippen molar-refractivity contribution in [2.24, 2.45) is 0 Å². The molecule has 2 rings (SSSR count). The fraction of sp³-hybridized carbons (Fsp3) is 0.294. The normalized spacial score (nSPS) is 14.0. The van der Waals surface area contributed by atoms with E-state index in [-0.39, 0.29) is 17.9 Å². The molecule has 1 nitrogen and oxygen atoms in total. The fourth-order valence-electron chi connectivity index (χ4n) is 2.40. The second kappa shape index (κ2) is 6.87. The predicted octanol–water partition coefficient (Wildman–Crippen LogP) is 4.76. The standard InChI is InChI=1S/C17H19ClFN/c1-12(11-14-7-3-5-9-16(14)18)20-13(2)15-8-4-6-10-17(15)19/h3-10,12-13,20H,11H2,1-2H3. The van der Waals surface area contributed by atoms with E-state index in [0.29, 0.717) is 5.56 Å². The number of halogens is 2. The Balaban J connectivity index is 2.00. The van der Waals surface area contributed by atoms with Gasteiger partial charge in [0, 0.05) is 22.7 Å². The molecule has 1 N–H and O–H groups in total. The van der Waals surface area contributed by atoms with E-state index in [4.69, 9.17) is 11.6 Å². The summed E-state index contributed by atoms with van der Waals surface area (Å²) in [4.78, 5) is 0. The lowest BCUT2D eigenvalue weighted by atomic mass is 10.0. The number of hydrogen-bond acceptors (Lipinski definition) is 1. The maximum absolute atomic E-state index is 13.7. The van der Waals surface area contributed by atoms with Crippen LogP contribution in [0.3, 0.4) is 0 Å². The van der Waals surface area contributed by atoms with E-state index in [1.54, 1.807) is 6.07 Å². The number of benzene rings is 2. The van der Waals surface area contributed by atoms with Crippen LogP contribution in [0.5, 0.6) is 0 Å². The molecule has 0 fully saturated rings. The topological polar surface area (TPSA) is 12.0 Å². The van der Waals surface area contributed by atoms with E-state index >= 15 is 0 Å². The third kappa shape index (κ3) is 3.81. The third-order valence-corrected chi connectivity index (χ3v) is 3.76. The summed E-state index contributed by atoms with van der Waals surface area (Å²) >= 11 is 6.16. The van der Waals surface area contributed by atoms with E-state index in [9.17, 15) is 4.39 Å². The minimum atomic E-state index is -0.169. The second-order valence-electron chi connectivity index (χ2n) is 5.11. The Labute approximate surface area is 124 Å². The lowest BCUT2D eigenvalue weighted by molar-refractivity contribution is 0.460. The van der Waals surface area contributed by atoms with Crippen molar-refractivity contribution in [3.05, 3.63) is 70.5 Å². The summed E-state index contributed by atoms with van der Waals surface area (Å²) in [5, 5.41) is 4.19. The Morgan fingerprint density at radius 2 is 1.70 bits per heavy atom. The lowest BCUT2D eigenvalue weighted by Gasteiger charge is -2.21. The minimum absolute atomic E-state index is 0.0336. The molecule has 0 saturated carbocycles. The van der Waals surface area contributed by atoms with Crippen LogP contribution in [0, 0.1) is 5.82 Å². The maximum Gasteiger partial charge on any atom is 0.127 e. The average molecular weight is 292 g/mol. The van der Waals surface area contributed by atoms with Crippen LogP contribution in [0.15, 0.2) is 48.5 Å². The van der Waals surface area contributed by atoms with Crippen molar-refractivity contribution in [1.29, 1.82) is 0 Å². The van der Waals surface area contributed by atoms with E-state index in [1.807, 2.05) is 43.3 Å². The highest BCUT2D eigenvalue weighted by atomic mass is 35.5. The number of nitrogens with one attached hydrogen (secondary N) is 1. The molecule has 3 heteroatoms. The summed E-state index contributed by atoms with van der Waals surface area (Å²) in [6, 6.07) is 14.9. The Hall–Kier alpha value is -1.38. The van der Waals surface area contributed by atoms with Gasteiger partial charge in [-0.1, -0.05) is 48.0 Å². The zero-order valence-corrected chi connectivity index (χ0v) is 12.5. The highest BCUT2D eigenvalue weighted by molar-refractivity contribution is 6.31. The van der Waals surface area contributed by atoms with Crippen LogP contribution in [0.25, 0.3) is 0 Å². The van der Waals surface area contributed by atoms with Crippen LogP contribution in [0.4, 0.5) is 4.39 Å². The monoisotopic (exact) mass is 291 g/mol. The molecule has 2 unspecified atom stereocenters.